The van der Waals surface area contributed by atoms with E-state index >= 15 is 0 Å². The van der Waals surface area contributed by atoms with Crippen molar-refractivity contribution < 1.29 is 4.79 Å². The van der Waals surface area contributed by atoms with Crippen LogP contribution in [0.3, 0.4) is 0 Å². The van der Waals surface area contributed by atoms with Crippen molar-refractivity contribution in [1.29, 1.82) is 0 Å². The number of carbonyl (C=O) groups is 1. The Hall–Kier alpha value is -4.06. The average Bonchev–Trinajstić information content (AvgIpc) is 3.46. The molecule has 2 aromatic carbocycles. The van der Waals surface area contributed by atoms with Gasteiger partial charge in [-0.05, 0) is 59.9 Å². The smallest absolute Gasteiger partial charge is 0.254 e. The molecule has 4 heterocycles. The first-order valence-corrected chi connectivity index (χ1v) is 11.2. The molecule has 160 valence electrons. The highest BCUT2D eigenvalue weighted by atomic mass is 16.2. The van der Waals surface area contributed by atoms with E-state index in [4.69, 9.17) is 0 Å². The van der Waals surface area contributed by atoms with Gasteiger partial charge < -0.3 is 4.90 Å². The van der Waals surface area contributed by atoms with E-state index in [0.29, 0.717) is 12.3 Å². The van der Waals surface area contributed by atoms with Crippen molar-refractivity contribution in [2.24, 2.45) is 0 Å². The average molecular weight is 431 g/mol. The zero-order chi connectivity index (χ0) is 22.2. The zero-order valence-corrected chi connectivity index (χ0v) is 18.2. The highest BCUT2D eigenvalue weighted by Crippen LogP contribution is 2.53. The number of nitrogens with zero attached hydrogens (tertiary/aromatic N) is 5. The largest absolute Gasteiger partial charge is 0.337 e. The standard InChI is InChI=1S/C27H21N5O/c1-31-15-19-11-17(4-6-22(19)25(31)33)20-13-29-26-30-14-24(32(26)16-20)27(8-9-27)21-5-7-23-18(12-21)3-2-10-28-23/h2-7,10-14,16H,8-9,15H2,1H3. The second-order valence-electron chi connectivity index (χ2n) is 9.18. The SMILES string of the molecule is CN1Cc2cc(-c3cnc4ncc(C5(c6ccc7ncccc7c6)CC5)n4c3)ccc2C1=O. The molecule has 0 bridgehead atoms. The lowest BCUT2D eigenvalue weighted by Crippen LogP contribution is -2.17. The fourth-order valence-corrected chi connectivity index (χ4v) is 5.21. The Morgan fingerprint density at radius 1 is 0.939 bits per heavy atom. The van der Waals surface area contributed by atoms with Crippen LogP contribution >= 0.6 is 0 Å². The summed E-state index contributed by atoms with van der Waals surface area (Å²) in [6, 6.07) is 16.7. The molecule has 1 fully saturated rings. The van der Waals surface area contributed by atoms with Crippen LogP contribution in [-0.2, 0) is 12.0 Å². The molecule has 0 atom stereocenters. The minimum atomic E-state index is -0.0448. The Morgan fingerprint density at radius 2 is 1.82 bits per heavy atom. The van der Waals surface area contributed by atoms with Gasteiger partial charge in [0, 0.05) is 54.1 Å². The number of aromatic nitrogens is 4. The quantitative estimate of drug-likeness (QED) is 0.419. The molecule has 0 saturated heterocycles. The first-order valence-electron chi connectivity index (χ1n) is 11.2. The Morgan fingerprint density at radius 3 is 2.70 bits per heavy atom. The molecule has 6 heteroatoms. The van der Waals surface area contributed by atoms with Gasteiger partial charge in [0.2, 0.25) is 5.78 Å². The molecule has 3 aromatic heterocycles. The van der Waals surface area contributed by atoms with Crippen LogP contribution in [0.4, 0.5) is 0 Å². The van der Waals surface area contributed by atoms with Gasteiger partial charge in [0.05, 0.1) is 17.4 Å². The summed E-state index contributed by atoms with van der Waals surface area (Å²) >= 11 is 0. The van der Waals surface area contributed by atoms with Crippen molar-refractivity contribution in [2.75, 3.05) is 7.05 Å². The van der Waals surface area contributed by atoms with Gasteiger partial charge >= 0.3 is 0 Å². The topological polar surface area (TPSA) is 63.4 Å². The molecule has 0 spiro atoms. The highest BCUT2D eigenvalue weighted by Gasteiger charge is 2.48. The van der Waals surface area contributed by atoms with E-state index < -0.39 is 0 Å². The molecule has 1 aliphatic carbocycles. The predicted molar refractivity (Wildman–Crippen MR) is 126 cm³/mol. The van der Waals surface area contributed by atoms with Gasteiger partial charge in [-0.1, -0.05) is 18.2 Å². The number of hydrogen-bond acceptors (Lipinski definition) is 4. The van der Waals surface area contributed by atoms with Crippen molar-refractivity contribution in [1.82, 2.24) is 24.3 Å². The maximum Gasteiger partial charge on any atom is 0.254 e. The van der Waals surface area contributed by atoms with Crippen LogP contribution in [0.15, 0.2) is 73.3 Å². The maximum atomic E-state index is 12.3. The Bertz CT molecular complexity index is 1600. The number of amides is 1. The van der Waals surface area contributed by atoms with Crippen LogP contribution < -0.4 is 0 Å². The van der Waals surface area contributed by atoms with Crippen molar-refractivity contribution in [2.45, 2.75) is 24.8 Å². The third-order valence-corrected chi connectivity index (χ3v) is 7.18. The van der Waals surface area contributed by atoms with Gasteiger partial charge in [-0.15, -0.1) is 0 Å². The lowest BCUT2D eigenvalue weighted by atomic mass is 9.91. The molecule has 2 aliphatic rings. The first kappa shape index (κ1) is 18.5. The third kappa shape index (κ3) is 2.67. The highest BCUT2D eigenvalue weighted by molar-refractivity contribution is 5.98. The minimum Gasteiger partial charge on any atom is -0.337 e. The monoisotopic (exact) mass is 431 g/mol. The molecule has 1 saturated carbocycles. The fourth-order valence-electron chi connectivity index (χ4n) is 5.21. The molecule has 0 unspecified atom stereocenters. The van der Waals surface area contributed by atoms with E-state index in [1.165, 1.54) is 11.3 Å². The molecule has 1 aliphatic heterocycles. The van der Waals surface area contributed by atoms with E-state index in [1.54, 1.807) is 4.90 Å². The van der Waals surface area contributed by atoms with Crippen LogP contribution in [0.25, 0.3) is 27.8 Å². The van der Waals surface area contributed by atoms with Crippen LogP contribution in [0.2, 0.25) is 0 Å². The Labute approximate surface area is 190 Å². The number of carbonyl (C=O) groups excluding carboxylic acids is 1. The molecule has 5 aromatic rings. The van der Waals surface area contributed by atoms with Crippen molar-refractivity contribution in [3.8, 4) is 11.1 Å². The van der Waals surface area contributed by atoms with Gasteiger partial charge in [0.15, 0.2) is 0 Å². The first-order chi connectivity index (χ1) is 16.1. The van der Waals surface area contributed by atoms with E-state index in [2.05, 4.69) is 55.9 Å². The lowest BCUT2D eigenvalue weighted by Gasteiger charge is -2.17. The van der Waals surface area contributed by atoms with Crippen LogP contribution in [0.1, 0.15) is 40.0 Å². The molecule has 1 amide bonds. The van der Waals surface area contributed by atoms with Crippen LogP contribution in [-0.4, -0.2) is 37.2 Å². The van der Waals surface area contributed by atoms with Gasteiger partial charge in [-0.25, -0.2) is 9.97 Å². The molecule has 0 radical (unpaired) electrons. The van der Waals surface area contributed by atoms with E-state index in [1.807, 2.05) is 43.8 Å². The summed E-state index contributed by atoms with van der Waals surface area (Å²) in [5.74, 6) is 0.793. The van der Waals surface area contributed by atoms with Gasteiger partial charge in [0.1, 0.15) is 0 Å². The summed E-state index contributed by atoms with van der Waals surface area (Å²) in [5.41, 5.74) is 7.38. The minimum absolute atomic E-state index is 0.0448. The normalized spacial score (nSPS) is 16.5. The van der Waals surface area contributed by atoms with E-state index in [0.717, 1.165) is 46.0 Å². The van der Waals surface area contributed by atoms with Crippen LogP contribution in [0.5, 0.6) is 0 Å². The van der Waals surface area contributed by atoms with Gasteiger partial charge in [-0.3, -0.25) is 14.2 Å². The molecule has 7 rings (SSSR count). The van der Waals surface area contributed by atoms with Gasteiger partial charge in [0.25, 0.3) is 5.91 Å². The summed E-state index contributed by atoms with van der Waals surface area (Å²) in [6.07, 6.45) is 9.99. The number of pyridine rings is 1. The number of benzene rings is 2. The molecule has 33 heavy (non-hydrogen) atoms. The lowest BCUT2D eigenvalue weighted by molar-refractivity contribution is 0.0816. The zero-order valence-electron chi connectivity index (χ0n) is 18.2. The van der Waals surface area contributed by atoms with E-state index in [9.17, 15) is 4.79 Å². The number of fused-ring (bicyclic) bond motifs is 3. The summed E-state index contributed by atoms with van der Waals surface area (Å²) < 4.78 is 2.14. The summed E-state index contributed by atoms with van der Waals surface area (Å²) in [4.78, 5) is 27.7. The fraction of sp³-hybridized carbons (Fsp3) is 0.185. The predicted octanol–water partition coefficient (Wildman–Crippen LogP) is 4.61. The molecule has 0 N–H and O–H groups in total. The Kier molecular flexibility index (Phi) is 3.63. The summed E-state index contributed by atoms with van der Waals surface area (Å²) in [5, 5.41) is 1.16. The Balaban J connectivity index is 1.33. The van der Waals surface area contributed by atoms with E-state index in [-0.39, 0.29) is 11.3 Å². The summed E-state index contributed by atoms with van der Waals surface area (Å²) in [7, 11) is 1.84. The number of imidazole rings is 1. The van der Waals surface area contributed by atoms with Crippen molar-refractivity contribution in [3.63, 3.8) is 0 Å². The third-order valence-electron chi connectivity index (χ3n) is 7.18. The number of hydrogen-bond donors (Lipinski definition) is 0. The molecular formula is C27H21N5O. The second-order valence-corrected chi connectivity index (χ2v) is 9.18. The molecular weight excluding hydrogens is 410 g/mol. The maximum absolute atomic E-state index is 12.3. The second kappa shape index (κ2) is 6.48. The van der Waals surface area contributed by atoms with Crippen molar-refractivity contribution in [3.05, 3.63) is 95.7 Å². The number of rotatable bonds is 3. The molecule has 6 nitrogen and oxygen atoms in total. The van der Waals surface area contributed by atoms with Crippen LogP contribution in [0, 0.1) is 0 Å². The van der Waals surface area contributed by atoms with Gasteiger partial charge in [-0.2, -0.15) is 0 Å². The van der Waals surface area contributed by atoms with Crippen molar-refractivity contribution >= 4 is 22.6 Å². The summed E-state index contributed by atoms with van der Waals surface area (Å²) in [6.45, 7) is 0.647.